The van der Waals surface area contributed by atoms with Crippen LogP contribution in [0.5, 0.6) is 0 Å². The van der Waals surface area contributed by atoms with Gasteiger partial charge in [-0.1, -0.05) is 12.8 Å². The number of nitrogens with zero attached hydrogens (tertiary/aromatic N) is 1. The molecule has 5 heteroatoms. The Morgan fingerprint density at radius 3 is 2.70 bits per heavy atom. The minimum atomic E-state index is -0.0716. The molecule has 2 rings (SSSR count). The predicted molar refractivity (Wildman–Crippen MR) is 78.2 cm³/mol. The fourth-order valence-electron chi connectivity index (χ4n) is 3.19. The molecule has 2 fully saturated rings. The maximum Gasteiger partial charge on any atom is 0.224 e. The molecule has 0 aromatic heterocycles. The molecular formula is C15H27N3O2. The van der Waals surface area contributed by atoms with Crippen molar-refractivity contribution in [1.82, 2.24) is 15.5 Å². The smallest absolute Gasteiger partial charge is 0.224 e. The highest BCUT2D eigenvalue weighted by molar-refractivity contribution is 5.81. The van der Waals surface area contributed by atoms with Crippen molar-refractivity contribution in [2.75, 3.05) is 19.6 Å². The van der Waals surface area contributed by atoms with E-state index in [0.29, 0.717) is 6.42 Å². The number of nitrogens with one attached hydrogen (secondary N) is 2. The summed E-state index contributed by atoms with van der Waals surface area (Å²) in [7, 11) is 0. The first-order chi connectivity index (χ1) is 9.58. The first kappa shape index (κ1) is 15.3. The van der Waals surface area contributed by atoms with Crippen LogP contribution in [-0.2, 0) is 9.59 Å². The first-order valence-corrected chi connectivity index (χ1v) is 7.88. The zero-order valence-corrected chi connectivity index (χ0v) is 12.7. The Morgan fingerprint density at radius 2 is 2.05 bits per heavy atom. The van der Waals surface area contributed by atoms with E-state index in [0.717, 1.165) is 45.3 Å². The van der Waals surface area contributed by atoms with E-state index in [1.54, 1.807) is 0 Å². The molecule has 0 spiro atoms. The average Bonchev–Trinajstić information content (AvgIpc) is 2.92. The van der Waals surface area contributed by atoms with E-state index in [-0.39, 0.29) is 29.8 Å². The van der Waals surface area contributed by atoms with Crippen molar-refractivity contribution < 1.29 is 9.59 Å². The van der Waals surface area contributed by atoms with Crippen LogP contribution in [0.15, 0.2) is 0 Å². The lowest BCUT2D eigenvalue weighted by Crippen LogP contribution is -2.53. The van der Waals surface area contributed by atoms with Gasteiger partial charge < -0.3 is 15.5 Å². The summed E-state index contributed by atoms with van der Waals surface area (Å²) in [6, 6.07) is 0.173. The minimum absolute atomic E-state index is 0.0716. The van der Waals surface area contributed by atoms with E-state index in [9.17, 15) is 9.59 Å². The highest BCUT2D eigenvalue weighted by Gasteiger charge is 2.27. The second-order valence-electron chi connectivity index (χ2n) is 6.24. The Labute approximate surface area is 121 Å². The molecule has 2 amide bonds. The van der Waals surface area contributed by atoms with Crippen LogP contribution < -0.4 is 10.6 Å². The molecule has 0 aromatic carbocycles. The molecule has 5 nitrogen and oxygen atoms in total. The molecule has 0 radical (unpaired) electrons. The van der Waals surface area contributed by atoms with Crippen LogP contribution in [-0.4, -0.2) is 48.4 Å². The Morgan fingerprint density at radius 1 is 1.35 bits per heavy atom. The largest absolute Gasteiger partial charge is 0.353 e. The molecule has 1 saturated carbocycles. The molecule has 2 unspecified atom stereocenters. The molecule has 1 heterocycles. The summed E-state index contributed by atoms with van der Waals surface area (Å²) in [5.74, 6) is 0.458. The first-order valence-electron chi connectivity index (χ1n) is 7.88. The standard InChI is InChI=1S/C15H27N3O2/c1-11(17-15(20)13-5-3-4-6-13)9-14(19)18-8-7-16-10-12(18)2/h11-13,16H,3-10H2,1-2H3,(H,17,20). The van der Waals surface area contributed by atoms with Crippen LogP contribution in [0.4, 0.5) is 0 Å². The van der Waals surface area contributed by atoms with Gasteiger partial charge in [-0.2, -0.15) is 0 Å². The lowest BCUT2D eigenvalue weighted by atomic mass is 10.1. The summed E-state index contributed by atoms with van der Waals surface area (Å²) in [6.45, 7) is 6.47. The van der Waals surface area contributed by atoms with Crippen molar-refractivity contribution in [1.29, 1.82) is 0 Å². The number of carbonyl (C=O) groups excluding carboxylic acids is 2. The summed E-state index contributed by atoms with van der Waals surface area (Å²) in [6.07, 6.45) is 4.72. The van der Waals surface area contributed by atoms with E-state index >= 15 is 0 Å². The third-order valence-electron chi connectivity index (χ3n) is 4.42. The number of piperazine rings is 1. The van der Waals surface area contributed by atoms with Gasteiger partial charge in [0.25, 0.3) is 0 Å². The molecule has 1 aliphatic carbocycles. The Balaban J connectivity index is 1.76. The van der Waals surface area contributed by atoms with Gasteiger partial charge in [0.1, 0.15) is 0 Å². The summed E-state index contributed by atoms with van der Waals surface area (Å²) < 4.78 is 0. The fourth-order valence-corrected chi connectivity index (χ4v) is 3.19. The maximum absolute atomic E-state index is 12.3. The summed E-state index contributed by atoms with van der Waals surface area (Å²) in [5, 5.41) is 6.28. The molecule has 114 valence electrons. The van der Waals surface area contributed by atoms with Crippen LogP contribution in [0.3, 0.4) is 0 Å². The third-order valence-corrected chi connectivity index (χ3v) is 4.42. The third kappa shape index (κ3) is 3.95. The van der Waals surface area contributed by atoms with Gasteiger partial charge in [0.2, 0.25) is 11.8 Å². The van der Waals surface area contributed by atoms with E-state index in [1.807, 2.05) is 11.8 Å². The lowest BCUT2D eigenvalue weighted by molar-refractivity contribution is -0.134. The number of carbonyl (C=O) groups is 2. The van der Waals surface area contributed by atoms with E-state index < -0.39 is 0 Å². The summed E-state index contributed by atoms with van der Waals surface area (Å²) >= 11 is 0. The molecule has 0 bridgehead atoms. The quantitative estimate of drug-likeness (QED) is 0.804. The molecule has 2 N–H and O–H groups in total. The molecule has 2 aliphatic rings. The monoisotopic (exact) mass is 281 g/mol. The van der Waals surface area contributed by atoms with Crippen LogP contribution >= 0.6 is 0 Å². The lowest BCUT2D eigenvalue weighted by Gasteiger charge is -2.34. The van der Waals surface area contributed by atoms with Crippen molar-refractivity contribution in [2.24, 2.45) is 5.92 Å². The van der Waals surface area contributed by atoms with E-state index in [1.165, 1.54) is 0 Å². The van der Waals surface area contributed by atoms with Crippen LogP contribution in [0.2, 0.25) is 0 Å². The number of amides is 2. The number of hydrogen-bond acceptors (Lipinski definition) is 3. The van der Waals surface area contributed by atoms with Crippen LogP contribution in [0.25, 0.3) is 0 Å². The van der Waals surface area contributed by atoms with Gasteiger partial charge in [-0.25, -0.2) is 0 Å². The number of hydrogen-bond donors (Lipinski definition) is 2. The zero-order chi connectivity index (χ0) is 14.5. The highest BCUT2D eigenvalue weighted by Crippen LogP contribution is 2.24. The maximum atomic E-state index is 12.3. The van der Waals surface area contributed by atoms with Gasteiger partial charge in [-0.15, -0.1) is 0 Å². The van der Waals surface area contributed by atoms with Crippen molar-refractivity contribution in [2.45, 2.75) is 58.0 Å². The number of rotatable bonds is 4. The SMILES string of the molecule is CC(CC(=O)N1CCNCC1C)NC(=O)C1CCCC1. The van der Waals surface area contributed by atoms with Crippen molar-refractivity contribution in [3.05, 3.63) is 0 Å². The minimum Gasteiger partial charge on any atom is -0.353 e. The normalized spacial score (nSPS) is 25.5. The van der Waals surface area contributed by atoms with Gasteiger partial charge in [0.05, 0.1) is 0 Å². The molecular weight excluding hydrogens is 254 g/mol. The predicted octanol–water partition coefficient (Wildman–Crippen LogP) is 0.892. The van der Waals surface area contributed by atoms with E-state index in [4.69, 9.17) is 0 Å². The molecule has 2 atom stereocenters. The van der Waals surface area contributed by atoms with E-state index in [2.05, 4.69) is 17.6 Å². The molecule has 20 heavy (non-hydrogen) atoms. The van der Waals surface area contributed by atoms with Gasteiger partial charge in [-0.05, 0) is 26.7 Å². The second-order valence-corrected chi connectivity index (χ2v) is 6.24. The Hall–Kier alpha value is -1.10. The molecule has 1 aliphatic heterocycles. The molecule has 0 aromatic rings. The van der Waals surface area contributed by atoms with Crippen molar-refractivity contribution in [3.8, 4) is 0 Å². The van der Waals surface area contributed by atoms with Crippen LogP contribution in [0.1, 0.15) is 46.0 Å². The Bertz CT molecular complexity index is 353. The van der Waals surface area contributed by atoms with Gasteiger partial charge in [0, 0.05) is 44.1 Å². The zero-order valence-electron chi connectivity index (χ0n) is 12.7. The highest BCUT2D eigenvalue weighted by atomic mass is 16.2. The fraction of sp³-hybridized carbons (Fsp3) is 0.867. The average molecular weight is 281 g/mol. The topological polar surface area (TPSA) is 61.4 Å². The van der Waals surface area contributed by atoms with Crippen molar-refractivity contribution in [3.63, 3.8) is 0 Å². The van der Waals surface area contributed by atoms with Crippen LogP contribution in [0, 0.1) is 5.92 Å². The molecule has 1 saturated heterocycles. The summed E-state index contributed by atoms with van der Waals surface area (Å²) in [5.41, 5.74) is 0. The Kier molecular flexibility index (Phi) is 5.40. The van der Waals surface area contributed by atoms with Gasteiger partial charge >= 0.3 is 0 Å². The van der Waals surface area contributed by atoms with Gasteiger partial charge in [0.15, 0.2) is 0 Å². The van der Waals surface area contributed by atoms with Crippen molar-refractivity contribution >= 4 is 11.8 Å². The van der Waals surface area contributed by atoms with Gasteiger partial charge in [-0.3, -0.25) is 9.59 Å². The second kappa shape index (κ2) is 7.07. The summed E-state index contributed by atoms with van der Waals surface area (Å²) in [4.78, 5) is 26.2.